The van der Waals surface area contributed by atoms with E-state index in [4.69, 9.17) is 11.5 Å². The van der Waals surface area contributed by atoms with Crippen molar-refractivity contribution in [1.82, 2.24) is 4.90 Å². The summed E-state index contributed by atoms with van der Waals surface area (Å²) in [6, 6.07) is 4.33. The molecule has 1 unspecified atom stereocenters. The zero-order chi connectivity index (χ0) is 15.3. The molecule has 1 aromatic rings. The number of hydrogen-bond acceptors (Lipinski definition) is 2. The van der Waals surface area contributed by atoms with Gasteiger partial charge in [-0.2, -0.15) is 13.2 Å². The molecule has 0 saturated carbocycles. The van der Waals surface area contributed by atoms with Crippen LogP contribution in [0.4, 0.5) is 13.2 Å². The van der Waals surface area contributed by atoms with E-state index in [0.29, 0.717) is 0 Å². The van der Waals surface area contributed by atoms with Gasteiger partial charge in [-0.15, -0.1) is 6.42 Å². The summed E-state index contributed by atoms with van der Waals surface area (Å²) in [5.74, 6) is 1.12. The maximum absolute atomic E-state index is 12.9. The molecule has 0 heterocycles. The van der Waals surface area contributed by atoms with Crippen molar-refractivity contribution in [2.45, 2.75) is 19.1 Å². The van der Waals surface area contributed by atoms with E-state index < -0.39 is 30.3 Å². The molecule has 0 spiro atoms. The fraction of sp³-hybridized carbons (Fsp3) is 0.357. The first-order valence-corrected chi connectivity index (χ1v) is 5.82. The summed E-state index contributed by atoms with van der Waals surface area (Å²) in [5.41, 5.74) is -0.767. The highest BCUT2D eigenvalue weighted by Crippen LogP contribution is 2.35. The van der Waals surface area contributed by atoms with Gasteiger partial charge in [-0.3, -0.25) is 9.69 Å². The van der Waals surface area contributed by atoms with Crippen molar-refractivity contribution in [3.8, 4) is 12.3 Å². The summed E-state index contributed by atoms with van der Waals surface area (Å²) in [6.07, 6.45) is 0.648. The van der Waals surface area contributed by atoms with Crippen LogP contribution in [0.25, 0.3) is 0 Å². The molecule has 0 amide bonds. The van der Waals surface area contributed by atoms with Gasteiger partial charge in [-0.1, -0.05) is 24.1 Å². The second-order valence-electron chi connectivity index (χ2n) is 4.26. The second-order valence-corrected chi connectivity index (χ2v) is 4.26. The summed E-state index contributed by atoms with van der Waals surface area (Å²) in [7, 11) is 0. The fourth-order valence-electron chi connectivity index (χ4n) is 1.94. The van der Waals surface area contributed by atoms with Gasteiger partial charge in [0.2, 0.25) is 0 Å². The topological polar surface area (TPSA) is 40.5 Å². The quantitative estimate of drug-likeness (QED) is 0.846. The SMILES string of the molecule is C#CCN(CC(=O)O)C(C)c1ccccc1C(F)(F)F. The molecule has 0 aromatic heterocycles. The summed E-state index contributed by atoms with van der Waals surface area (Å²) >= 11 is 0. The van der Waals surface area contributed by atoms with E-state index in [1.165, 1.54) is 30.0 Å². The Kier molecular flexibility index (Phi) is 5.17. The Balaban J connectivity index is 3.15. The number of aliphatic carboxylic acids is 1. The lowest BCUT2D eigenvalue weighted by molar-refractivity contribution is -0.139. The number of nitrogens with zero attached hydrogens (tertiary/aromatic N) is 1. The molecule has 108 valence electrons. The normalized spacial score (nSPS) is 13.0. The first-order chi connectivity index (χ1) is 9.27. The molecular formula is C14H14F3NO2. The molecule has 6 heteroatoms. The minimum Gasteiger partial charge on any atom is -0.480 e. The van der Waals surface area contributed by atoms with E-state index >= 15 is 0 Å². The van der Waals surface area contributed by atoms with Crippen molar-refractivity contribution < 1.29 is 23.1 Å². The van der Waals surface area contributed by atoms with Crippen LogP contribution in [0.2, 0.25) is 0 Å². The van der Waals surface area contributed by atoms with E-state index in [0.717, 1.165) is 6.07 Å². The Hall–Kier alpha value is -2.00. The summed E-state index contributed by atoms with van der Waals surface area (Å²) in [4.78, 5) is 12.1. The van der Waals surface area contributed by atoms with Crippen molar-refractivity contribution in [3.63, 3.8) is 0 Å². The predicted molar refractivity (Wildman–Crippen MR) is 67.9 cm³/mol. The van der Waals surface area contributed by atoms with Crippen LogP contribution in [-0.4, -0.2) is 29.1 Å². The highest BCUT2D eigenvalue weighted by molar-refractivity contribution is 5.69. The van der Waals surface area contributed by atoms with Crippen LogP contribution in [0.5, 0.6) is 0 Å². The standard InChI is InChI=1S/C14H14F3NO2/c1-3-8-18(9-13(19)20)10(2)11-6-4-5-7-12(11)14(15,16)17/h1,4-7,10H,8-9H2,2H3,(H,19,20). The molecule has 1 atom stereocenters. The Morgan fingerprint density at radius 3 is 2.55 bits per heavy atom. The average molecular weight is 285 g/mol. The molecular weight excluding hydrogens is 271 g/mol. The van der Waals surface area contributed by atoms with E-state index in [-0.39, 0.29) is 12.1 Å². The second kappa shape index (κ2) is 6.44. The molecule has 0 aliphatic heterocycles. The maximum atomic E-state index is 12.9. The average Bonchev–Trinajstić information content (AvgIpc) is 2.36. The van der Waals surface area contributed by atoms with Crippen LogP contribution < -0.4 is 0 Å². The number of terminal acetylenes is 1. The van der Waals surface area contributed by atoms with Crippen molar-refractivity contribution in [2.75, 3.05) is 13.1 Å². The zero-order valence-electron chi connectivity index (χ0n) is 10.8. The molecule has 3 nitrogen and oxygen atoms in total. The Morgan fingerprint density at radius 1 is 1.45 bits per heavy atom. The summed E-state index contributed by atoms with van der Waals surface area (Å²) in [5, 5.41) is 8.80. The zero-order valence-corrected chi connectivity index (χ0v) is 10.8. The van der Waals surface area contributed by atoms with E-state index in [9.17, 15) is 18.0 Å². The van der Waals surface area contributed by atoms with Gasteiger partial charge in [0, 0.05) is 6.04 Å². The van der Waals surface area contributed by atoms with Crippen molar-refractivity contribution >= 4 is 5.97 Å². The molecule has 1 aromatic carbocycles. The summed E-state index contributed by atoms with van der Waals surface area (Å²) in [6.45, 7) is 1.04. The minimum absolute atomic E-state index is 0.0106. The largest absolute Gasteiger partial charge is 0.480 e. The molecule has 0 saturated heterocycles. The smallest absolute Gasteiger partial charge is 0.416 e. The number of hydrogen-bond donors (Lipinski definition) is 1. The number of carbonyl (C=O) groups is 1. The Bertz CT molecular complexity index is 520. The van der Waals surface area contributed by atoms with E-state index in [2.05, 4.69) is 5.92 Å². The molecule has 1 N–H and O–H groups in total. The molecule has 0 bridgehead atoms. The first-order valence-electron chi connectivity index (χ1n) is 5.82. The molecule has 0 aliphatic rings. The van der Waals surface area contributed by atoms with Crippen LogP contribution in [0, 0.1) is 12.3 Å². The molecule has 0 fully saturated rings. The van der Waals surface area contributed by atoms with E-state index in [1.54, 1.807) is 0 Å². The van der Waals surface area contributed by atoms with Gasteiger partial charge in [-0.05, 0) is 18.6 Å². The molecule has 0 radical (unpaired) electrons. The Labute approximate surface area is 115 Å². The van der Waals surface area contributed by atoms with Gasteiger partial charge in [-0.25, -0.2) is 0 Å². The lowest BCUT2D eigenvalue weighted by Gasteiger charge is -2.28. The third-order valence-electron chi connectivity index (χ3n) is 2.90. The third-order valence-corrected chi connectivity index (χ3v) is 2.90. The monoisotopic (exact) mass is 285 g/mol. The highest BCUT2D eigenvalue weighted by Gasteiger charge is 2.35. The summed E-state index contributed by atoms with van der Waals surface area (Å²) < 4.78 is 38.8. The lowest BCUT2D eigenvalue weighted by Crippen LogP contribution is -2.33. The van der Waals surface area contributed by atoms with E-state index in [1.807, 2.05) is 0 Å². The highest BCUT2D eigenvalue weighted by atomic mass is 19.4. The number of rotatable bonds is 5. The van der Waals surface area contributed by atoms with Gasteiger partial charge >= 0.3 is 12.1 Å². The van der Waals surface area contributed by atoms with Crippen molar-refractivity contribution in [3.05, 3.63) is 35.4 Å². The van der Waals surface area contributed by atoms with Gasteiger partial charge in [0.05, 0.1) is 18.7 Å². The van der Waals surface area contributed by atoms with Crippen LogP contribution in [0.3, 0.4) is 0 Å². The number of carboxylic acid groups (broad SMARTS) is 1. The van der Waals surface area contributed by atoms with Crippen LogP contribution in [0.15, 0.2) is 24.3 Å². The van der Waals surface area contributed by atoms with Crippen LogP contribution >= 0.6 is 0 Å². The van der Waals surface area contributed by atoms with Crippen LogP contribution in [-0.2, 0) is 11.0 Å². The number of benzene rings is 1. The fourth-order valence-corrected chi connectivity index (χ4v) is 1.94. The van der Waals surface area contributed by atoms with Crippen molar-refractivity contribution in [2.24, 2.45) is 0 Å². The lowest BCUT2D eigenvalue weighted by atomic mass is 9.99. The molecule has 1 rings (SSSR count). The molecule has 20 heavy (non-hydrogen) atoms. The first kappa shape index (κ1) is 16.1. The van der Waals surface area contributed by atoms with Crippen molar-refractivity contribution in [1.29, 1.82) is 0 Å². The van der Waals surface area contributed by atoms with Gasteiger partial charge < -0.3 is 5.11 Å². The minimum atomic E-state index is -4.49. The number of alkyl halides is 3. The maximum Gasteiger partial charge on any atom is 0.416 e. The number of carboxylic acids is 1. The van der Waals surface area contributed by atoms with Gasteiger partial charge in [0.1, 0.15) is 0 Å². The van der Waals surface area contributed by atoms with Gasteiger partial charge in [0.15, 0.2) is 0 Å². The Morgan fingerprint density at radius 2 is 2.05 bits per heavy atom. The van der Waals surface area contributed by atoms with Crippen LogP contribution in [0.1, 0.15) is 24.1 Å². The molecule has 0 aliphatic carbocycles. The predicted octanol–water partition coefficient (Wildman–Crippen LogP) is 2.79. The number of halogens is 3. The van der Waals surface area contributed by atoms with Gasteiger partial charge in [0.25, 0.3) is 0 Å². The third kappa shape index (κ3) is 4.00.